The SMILES string of the molecule is CCN1CCN(Cc2ccc(CNc3ncnc4c3cnn4CC(=O)OC)cc2)CC1. The number of hydrogen-bond acceptors (Lipinski definition) is 8. The van der Waals surface area contributed by atoms with Gasteiger partial charge in [0.05, 0.1) is 18.7 Å². The molecule has 3 heterocycles. The number of likely N-dealkylation sites (N-methyl/N-ethyl adjacent to an activating group) is 1. The molecule has 0 aliphatic carbocycles. The Bertz CT molecular complexity index is 1010. The average molecular weight is 424 g/mol. The number of carbonyl (C=O) groups is 1. The summed E-state index contributed by atoms with van der Waals surface area (Å²) >= 11 is 0. The van der Waals surface area contributed by atoms with Crippen molar-refractivity contribution in [1.82, 2.24) is 29.5 Å². The van der Waals surface area contributed by atoms with Crippen molar-refractivity contribution < 1.29 is 9.53 Å². The van der Waals surface area contributed by atoms with Crippen molar-refractivity contribution in [2.45, 2.75) is 26.6 Å². The molecular weight excluding hydrogens is 394 g/mol. The van der Waals surface area contributed by atoms with Crippen LogP contribution in [-0.4, -0.2) is 75.4 Å². The number of anilines is 1. The zero-order chi connectivity index (χ0) is 21.6. The third-order valence-corrected chi connectivity index (χ3v) is 5.74. The molecule has 1 saturated heterocycles. The Kier molecular flexibility index (Phi) is 6.73. The Morgan fingerprint density at radius 1 is 1.06 bits per heavy atom. The van der Waals surface area contributed by atoms with Crippen LogP contribution in [0.4, 0.5) is 5.82 Å². The van der Waals surface area contributed by atoms with Crippen molar-refractivity contribution in [3.05, 3.63) is 47.9 Å². The Labute approximate surface area is 182 Å². The first-order valence-electron chi connectivity index (χ1n) is 10.7. The van der Waals surface area contributed by atoms with E-state index in [1.165, 1.54) is 29.2 Å². The lowest BCUT2D eigenvalue weighted by Crippen LogP contribution is -2.45. The van der Waals surface area contributed by atoms with Gasteiger partial charge < -0.3 is 15.0 Å². The number of benzene rings is 1. The molecule has 1 fully saturated rings. The smallest absolute Gasteiger partial charge is 0.327 e. The van der Waals surface area contributed by atoms with Gasteiger partial charge in [0.25, 0.3) is 0 Å². The standard InChI is InChI=1S/C22H29N7O2/c1-3-27-8-10-28(11-9-27)14-18-6-4-17(5-7-18)12-23-21-19-13-26-29(15-20(30)31-2)22(19)25-16-24-21/h4-7,13,16H,3,8-12,14-15H2,1-2H3,(H,23,24,25). The molecule has 9 heteroatoms. The van der Waals surface area contributed by atoms with E-state index in [0.717, 1.165) is 44.7 Å². The van der Waals surface area contributed by atoms with Crippen molar-refractivity contribution >= 4 is 22.8 Å². The first-order valence-corrected chi connectivity index (χ1v) is 10.7. The van der Waals surface area contributed by atoms with Crippen LogP contribution in [0.5, 0.6) is 0 Å². The van der Waals surface area contributed by atoms with E-state index in [4.69, 9.17) is 4.74 Å². The van der Waals surface area contributed by atoms with Gasteiger partial charge in [-0.25, -0.2) is 14.6 Å². The van der Waals surface area contributed by atoms with Crippen LogP contribution < -0.4 is 5.32 Å². The Balaban J connectivity index is 1.35. The molecule has 2 aromatic heterocycles. The summed E-state index contributed by atoms with van der Waals surface area (Å²) in [5, 5.41) is 8.37. The maximum atomic E-state index is 11.6. The van der Waals surface area contributed by atoms with Crippen molar-refractivity contribution in [2.75, 3.05) is 45.2 Å². The number of rotatable bonds is 8. The normalized spacial score (nSPS) is 15.3. The summed E-state index contributed by atoms with van der Waals surface area (Å²) < 4.78 is 6.23. The maximum absolute atomic E-state index is 11.6. The van der Waals surface area contributed by atoms with Gasteiger partial charge in [0.15, 0.2) is 5.65 Å². The quantitative estimate of drug-likeness (QED) is 0.548. The molecule has 1 aliphatic heterocycles. The van der Waals surface area contributed by atoms with Crippen LogP contribution in [0.3, 0.4) is 0 Å². The van der Waals surface area contributed by atoms with Crippen molar-refractivity contribution in [3.8, 4) is 0 Å². The lowest BCUT2D eigenvalue weighted by molar-refractivity contribution is -0.141. The third kappa shape index (κ3) is 5.18. The second-order valence-electron chi connectivity index (χ2n) is 7.72. The monoisotopic (exact) mass is 423 g/mol. The van der Waals surface area contributed by atoms with Crippen molar-refractivity contribution in [3.63, 3.8) is 0 Å². The summed E-state index contributed by atoms with van der Waals surface area (Å²) in [4.78, 5) is 25.2. The number of carbonyl (C=O) groups excluding carboxylic acids is 1. The molecule has 31 heavy (non-hydrogen) atoms. The van der Waals surface area contributed by atoms with E-state index in [1.807, 2.05) is 0 Å². The van der Waals surface area contributed by atoms with Gasteiger partial charge in [0, 0.05) is 39.3 Å². The fourth-order valence-electron chi connectivity index (χ4n) is 3.81. The molecule has 0 unspecified atom stereocenters. The predicted molar refractivity (Wildman–Crippen MR) is 118 cm³/mol. The molecule has 0 atom stereocenters. The molecule has 4 rings (SSSR count). The predicted octanol–water partition coefficient (Wildman–Crippen LogP) is 1.75. The number of aromatic nitrogens is 4. The molecule has 164 valence electrons. The highest BCUT2D eigenvalue weighted by molar-refractivity contribution is 5.86. The highest BCUT2D eigenvalue weighted by Gasteiger charge is 2.15. The molecule has 0 spiro atoms. The van der Waals surface area contributed by atoms with Gasteiger partial charge in [0.1, 0.15) is 18.7 Å². The number of nitrogens with zero attached hydrogens (tertiary/aromatic N) is 6. The number of fused-ring (bicyclic) bond motifs is 1. The molecule has 1 aromatic carbocycles. The fourth-order valence-corrected chi connectivity index (χ4v) is 3.81. The highest BCUT2D eigenvalue weighted by atomic mass is 16.5. The molecule has 9 nitrogen and oxygen atoms in total. The number of nitrogens with one attached hydrogen (secondary N) is 1. The summed E-state index contributed by atoms with van der Waals surface area (Å²) in [5.74, 6) is 0.324. The number of ether oxygens (including phenoxy) is 1. The summed E-state index contributed by atoms with van der Waals surface area (Å²) in [6.07, 6.45) is 3.14. The average Bonchev–Trinajstić information content (AvgIpc) is 3.22. The Morgan fingerprint density at radius 3 is 2.48 bits per heavy atom. The van der Waals surface area contributed by atoms with E-state index in [2.05, 4.69) is 61.4 Å². The lowest BCUT2D eigenvalue weighted by atomic mass is 10.1. The van der Waals surface area contributed by atoms with E-state index in [1.54, 1.807) is 6.20 Å². The number of hydrogen-bond donors (Lipinski definition) is 1. The fraction of sp³-hybridized carbons (Fsp3) is 0.455. The molecule has 0 radical (unpaired) electrons. The van der Waals surface area contributed by atoms with Crippen molar-refractivity contribution in [1.29, 1.82) is 0 Å². The zero-order valence-electron chi connectivity index (χ0n) is 18.1. The van der Waals surface area contributed by atoms with Crippen LogP contribution >= 0.6 is 0 Å². The summed E-state index contributed by atoms with van der Waals surface area (Å²) in [6.45, 7) is 9.59. The van der Waals surface area contributed by atoms with Gasteiger partial charge in [-0.2, -0.15) is 5.10 Å². The first-order chi connectivity index (χ1) is 15.2. The van der Waals surface area contributed by atoms with Crippen LogP contribution in [0, 0.1) is 0 Å². The van der Waals surface area contributed by atoms with E-state index < -0.39 is 0 Å². The molecule has 0 bridgehead atoms. The molecule has 0 saturated carbocycles. The van der Waals surface area contributed by atoms with Gasteiger partial charge in [-0.05, 0) is 17.7 Å². The van der Waals surface area contributed by atoms with Crippen molar-refractivity contribution in [2.24, 2.45) is 0 Å². The number of methoxy groups -OCH3 is 1. The minimum atomic E-state index is -0.370. The number of esters is 1. The second-order valence-corrected chi connectivity index (χ2v) is 7.72. The first kappa shape index (κ1) is 21.2. The van der Waals surface area contributed by atoms with Crippen LogP contribution in [0.25, 0.3) is 11.0 Å². The van der Waals surface area contributed by atoms with Gasteiger partial charge >= 0.3 is 5.97 Å². The van der Waals surface area contributed by atoms with E-state index >= 15 is 0 Å². The molecular formula is C22H29N7O2. The lowest BCUT2D eigenvalue weighted by Gasteiger charge is -2.34. The highest BCUT2D eigenvalue weighted by Crippen LogP contribution is 2.19. The third-order valence-electron chi connectivity index (χ3n) is 5.74. The maximum Gasteiger partial charge on any atom is 0.327 e. The zero-order valence-corrected chi connectivity index (χ0v) is 18.1. The van der Waals surface area contributed by atoms with Gasteiger partial charge in [-0.3, -0.25) is 9.69 Å². The minimum absolute atomic E-state index is 0.0193. The Hall–Kier alpha value is -3.04. The van der Waals surface area contributed by atoms with Crippen LogP contribution in [0.2, 0.25) is 0 Å². The minimum Gasteiger partial charge on any atom is -0.468 e. The summed E-state index contributed by atoms with van der Waals surface area (Å²) in [7, 11) is 1.35. The van der Waals surface area contributed by atoms with Gasteiger partial charge in [0.2, 0.25) is 0 Å². The summed E-state index contributed by atoms with van der Waals surface area (Å²) in [5.41, 5.74) is 3.11. The van der Waals surface area contributed by atoms with E-state index in [0.29, 0.717) is 18.0 Å². The van der Waals surface area contributed by atoms with Crippen LogP contribution in [0.1, 0.15) is 18.1 Å². The molecule has 3 aromatic rings. The Morgan fingerprint density at radius 2 is 1.77 bits per heavy atom. The van der Waals surface area contributed by atoms with E-state index in [9.17, 15) is 4.79 Å². The topological polar surface area (TPSA) is 88.4 Å². The van der Waals surface area contributed by atoms with Crippen LogP contribution in [-0.2, 0) is 29.2 Å². The molecule has 0 amide bonds. The largest absolute Gasteiger partial charge is 0.468 e. The summed E-state index contributed by atoms with van der Waals surface area (Å²) in [6, 6.07) is 8.72. The van der Waals surface area contributed by atoms with Gasteiger partial charge in [-0.15, -0.1) is 0 Å². The van der Waals surface area contributed by atoms with Gasteiger partial charge in [-0.1, -0.05) is 31.2 Å². The number of piperazine rings is 1. The van der Waals surface area contributed by atoms with Crippen LogP contribution in [0.15, 0.2) is 36.8 Å². The van der Waals surface area contributed by atoms with E-state index in [-0.39, 0.29) is 12.5 Å². The molecule has 1 N–H and O–H groups in total. The second kappa shape index (κ2) is 9.84. The molecule has 1 aliphatic rings.